The maximum atomic E-state index is 2.60. The van der Waals surface area contributed by atoms with Gasteiger partial charge in [0.2, 0.25) is 0 Å². The summed E-state index contributed by atoms with van der Waals surface area (Å²) in [6.45, 7) is 0. The number of benzene rings is 6. The van der Waals surface area contributed by atoms with Crippen molar-refractivity contribution in [1.29, 1.82) is 0 Å². The first kappa shape index (κ1) is 20.8. The van der Waals surface area contributed by atoms with Gasteiger partial charge in [0.1, 0.15) is 0 Å². The molecule has 4 aliphatic heterocycles. The van der Waals surface area contributed by atoms with Crippen LogP contribution in [0.15, 0.2) is 133 Å². The van der Waals surface area contributed by atoms with E-state index >= 15 is 0 Å². The van der Waals surface area contributed by atoms with Crippen LogP contribution in [-0.4, -0.2) is 0 Å². The van der Waals surface area contributed by atoms with Crippen molar-refractivity contribution in [1.82, 2.24) is 0 Å². The van der Waals surface area contributed by atoms with E-state index in [1.54, 1.807) is 0 Å². The van der Waals surface area contributed by atoms with Crippen LogP contribution >= 0.6 is 0 Å². The van der Waals surface area contributed by atoms with Gasteiger partial charge in [-0.3, -0.25) is 0 Å². The predicted octanol–water partition coefficient (Wildman–Crippen LogP) is 9.80. The van der Waals surface area contributed by atoms with Gasteiger partial charge in [-0.05, 0) is 63.2 Å². The standard InChI is InChI=1S/C38H24N2/c1-3-15-27-23(11-1)25-13-5-7-19-31(25)39-33-21-10-22-34-36(33)35-29(37(27)39)17-9-18-30(35)38-28-16-4-2-12-24(28)26-14-6-8-20-32(26)40(34)38/h1-22,37-38H. The fourth-order valence-corrected chi connectivity index (χ4v) is 8.01. The minimum absolute atomic E-state index is 0.126. The van der Waals surface area contributed by atoms with Crippen LogP contribution < -0.4 is 9.80 Å². The van der Waals surface area contributed by atoms with Gasteiger partial charge in [0, 0.05) is 28.1 Å². The summed E-state index contributed by atoms with van der Waals surface area (Å²) in [5, 5.41) is 0. The molecule has 0 saturated heterocycles. The van der Waals surface area contributed by atoms with Crippen molar-refractivity contribution in [3.05, 3.63) is 156 Å². The van der Waals surface area contributed by atoms with Crippen LogP contribution in [0.25, 0.3) is 33.4 Å². The summed E-state index contributed by atoms with van der Waals surface area (Å²) < 4.78 is 0. The number of hydrogen-bond donors (Lipinski definition) is 0. The summed E-state index contributed by atoms with van der Waals surface area (Å²) in [6.07, 6.45) is 0. The van der Waals surface area contributed by atoms with Gasteiger partial charge in [-0.2, -0.15) is 0 Å². The van der Waals surface area contributed by atoms with Crippen LogP contribution in [0.5, 0.6) is 0 Å². The van der Waals surface area contributed by atoms with E-state index in [2.05, 4.69) is 143 Å². The van der Waals surface area contributed by atoms with Crippen LogP contribution in [0.1, 0.15) is 34.3 Å². The first-order valence-corrected chi connectivity index (χ1v) is 14.1. The zero-order chi connectivity index (χ0) is 25.9. The lowest BCUT2D eigenvalue weighted by molar-refractivity contribution is 0.763. The number of anilines is 4. The SMILES string of the molecule is c1ccc2c(c1)-c1ccccc1N1c3cccc4c3-c3c(cccc3C3c5ccccc5-c5ccccc5N43)C21. The van der Waals surface area contributed by atoms with Crippen LogP contribution in [0.2, 0.25) is 0 Å². The Morgan fingerprint density at radius 3 is 1.20 bits per heavy atom. The third-order valence-electron chi connectivity index (χ3n) is 9.44. The zero-order valence-electron chi connectivity index (χ0n) is 21.8. The quantitative estimate of drug-likeness (QED) is 0.201. The first-order chi connectivity index (χ1) is 19.9. The number of fused-ring (bicyclic) bond motifs is 16. The smallest absolute Gasteiger partial charge is 0.0857 e. The maximum absolute atomic E-state index is 2.60. The average Bonchev–Trinajstić information content (AvgIpc) is 3.03. The summed E-state index contributed by atoms with van der Waals surface area (Å²) >= 11 is 0. The largest absolute Gasteiger partial charge is 0.329 e. The molecule has 0 aromatic heterocycles. The monoisotopic (exact) mass is 508 g/mol. The molecule has 0 saturated carbocycles. The fourth-order valence-electron chi connectivity index (χ4n) is 8.01. The van der Waals surface area contributed by atoms with E-state index in [1.165, 1.54) is 78.4 Å². The van der Waals surface area contributed by atoms with Gasteiger partial charge in [0.15, 0.2) is 0 Å². The Morgan fingerprint density at radius 1 is 0.300 bits per heavy atom. The van der Waals surface area contributed by atoms with Gasteiger partial charge in [0.05, 0.1) is 23.5 Å². The van der Waals surface area contributed by atoms with Gasteiger partial charge < -0.3 is 9.80 Å². The molecule has 4 heterocycles. The number of para-hydroxylation sites is 2. The molecule has 186 valence electrons. The first-order valence-electron chi connectivity index (χ1n) is 14.1. The highest BCUT2D eigenvalue weighted by molar-refractivity contribution is 6.06. The van der Waals surface area contributed by atoms with Crippen LogP contribution in [-0.2, 0) is 0 Å². The molecule has 0 N–H and O–H groups in total. The van der Waals surface area contributed by atoms with Crippen LogP contribution in [0.4, 0.5) is 22.7 Å². The molecule has 2 unspecified atom stereocenters. The Bertz CT molecular complexity index is 1770. The summed E-state index contributed by atoms with van der Waals surface area (Å²) in [5.41, 5.74) is 18.7. The third kappa shape index (κ3) is 2.37. The predicted molar refractivity (Wildman–Crippen MR) is 164 cm³/mol. The second-order valence-electron chi connectivity index (χ2n) is 11.2. The van der Waals surface area contributed by atoms with Gasteiger partial charge >= 0.3 is 0 Å². The summed E-state index contributed by atoms with van der Waals surface area (Å²) in [6, 6.07) is 50.0. The van der Waals surface area contributed by atoms with Gasteiger partial charge in [-0.15, -0.1) is 0 Å². The highest BCUT2D eigenvalue weighted by Crippen LogP contribution is 2.65. The normalized spacial score (nSPS) is 17.9. The molecule has 0 spiro atoms. The van der Waals surface area contributed by atoms with Crippen LogP contribution in [0.3, 0.4) is 0 Å². The van der Waals surface area contributed by atoms with Crippen LogP contribution in [0, 0.1) is 0 Å². The molecule has 2 heteroatoms. The molecule has 6 aromatic carbocycles. The zero-order valence-corrected chi connectivity index (χ0v) is 21.8. The average molecular weight is 509 g/mol. The lowest BCUT2D eigenvalue weighted by Gasteiger charge is -2.51. The Labute approximate surface area is 233 Å². The molecule has 0 amide bonds. The van der Waals surface area contributed by atoms with Crippen molar-refractivity contribution < 1.29 is 0 Å². The third-order valence-corrected chi connectivity index (χ3v) is 9.44. The minimum atomic E-state index is 0.126. The second-order valence-corrected chi connectivity index (χ2v) is 11.2. The molecule has 6 aromatic rings. The van der Waals surface area contributed by atoms with E-state index in [-0.39, 0.29) is 12.1 Å². The molecular weight excluding hydrogens is 484 g/mol. The molecule has 0 aliphatic carbocycles. The Balaban J connectivity index is 1.35. The number of hydrogen-bond acceptors (Lipinski definition) is 2. The van der Waals surface area contributed by atoms with E-state index in [4.69, 9.17) is 0 Å². The van der Waals surface area contributed by atoms with E-state index < -0.39 is 0 Å². The Kier molecular flexibility index (Phi) is 3.81. The number of rotatable bonds is 0. The lowest BCUT2D eigenvalue weighted by atomic mass is 9.72. The Morgan fingerprint density at radius 2 is 0.675 bits per heavy atom. The number of nitrogens with zero attached hydrogens (tertiary/aromatic N) is 2. The Hall–Kier alpha value is -5.08. The summed E-state index contributed by atoms with van der Waals surface area (Å²) in [4.78, 5) is 5.21. The molecular formula is C38H24N2. The molecule has 4 aliphatic rings. The van der Waals surface area contributed by atoms with Crippen molar-refractivity contribution in [2.45, 2.75) is 12.1 Å². The van der Waals surface area contributed by atoms with E-state index in [0.717, 1.165) is 0 Å². The van der Waals surface area contributed by atoms with Crippen molar-refractivity contribution in [3.8, 4) is 33.4 Å². The molecule has 2 nitrogen and oxygen atoms in total. The molecule has 2 atom stereocenters. The van der Waals surface area contributed by atoms with Gasteiger partial charge in [0.25, 0.3) is 0 Å². The highest BCUT2D eigenvalue weighted by atomic mass is 15.2. The summed E-state index contributed by atoms with van der Waals surface area (Å²) in [5.74, 6) is 0. The molecule has 40 heavy (non-hydrogen) atoms. The van der Waals surface area contributed by atoms with Crippen molar-refractivity contribution in [3.63, 3.8) is 0 Å². The summed E-state index contributed by atoms with van der Waals surface area (Å²) in [7, 11) is 0. The van der Waals surface area contributed by atoms with Crippen molar-refractivity contribution >= 4 is 22.7 Å². The van der Waals surface area contributed by atoms with E-state index in [1.807, 2.05) is 0 Å². The van der Waals surface area contributed by atoms with Gasteiger partial charge in [-0.25, -0.2) is 0 Å². The molecule has 0 bridgehead atoms. The molecule has 10 rings (SSSR count). The highest BCUT2D eigenvalue weighted by Gasteiger charge is 2.46. The van der Waals surface area contributed by atoms with Crippen molar-refractivity contribution in [2.24, 2.45) is 0 Å². The topological polar surface area (TPSA) is 6.48 Å². The molecule has 0 radical (unpaired) electrons. The molecule has 0 fully saturated rings. The fraction of sp³-hybridized carbons (Fsp3) is 0.0526. The minimum Gasteiger partial charge on any atom is -0.329 e. The maximum Gasteiger partial charge on any atom is 0.0857 e. The van der Waals surface area contributed by atoms with E-state index in [9.17, 15) is 0 Å². The van der Waals surface area contributed by atoms with Crippen molar-refractivity contribution in [2.75, 3.05) is 9.80 Å². The van der Waals surface area contributed by atoms with E-state index in [0.29, 0.717) is 0 Å². The lowest BCUT2D eigenvalue weighted by Crippen LogP contribution is -2.37. The second kappa shape index (κ2) is 7.31. The van der Waals surface area contributed by atoms with Gasteiger partial charge in [-0.1, -0.05) is 109 Å².